The Balaban J connectivity index is 1.71. The van der Waals surface area contributed by atoms with Crippen molar-refractivity contribution >= 4 is 17.3 Å². The SMILES string of the molecule is CN(C)c1ccc(/C(=C\c2cc[n+](CCCCCCN=[N+]=[N-])cc2)c2ccccc2)cc1. The highest BCUT2D eigenvalue weighted by atomic mass is 15.1. The number of hydrogen-bond donors (Lipinski definition) is 0. The van der Waals surface area contributed by atoms with Crippen molar-refractivity contribution in [2.24, 2.45) is 5.11 Å². The molecule has 0 spiro atoms. The predicted octanol–water partition coefficient (Wildman–Crippen LogP) is 6.50. The van der Waals surface area contributed by atoms with E-state index in [1.54, 1.807) is 0 Å². The molecule has 0 amide bonds. The monoisotopic (exact) mass is 426 g/mol. The van der Waals surface area contributed by atoms with Crippen LogP contribution in [0.1, 0.15) is 42.4 Å². The predicted molar refractivity (Wildman–Crippen MR) is 133 cm³/mol. The Hall–Kier alpha value is -3.56. The van der Waals surface area contributed by atoms with Crippen LogP contribution in [0, 0.1) is 0 Å². The molecule has 0 aliphatic heterocycles. The summed E-state index contributed by atoms with van der Waals surface area (Å²) in [5.41, 5.74) is 14.3. The zero-order valence-corrected chi connectivity index (χ0v) is 19.1. The minimum absolute atomic E-state index is 0.603. The van der Waals surface area contributed by atoms with Gasteiger partial charge in [0.2, 0.25) is 0 Å². The van der Waals surface area contributed by atoms with Gasteiger partial charge in [-0.15, -0.1) is 0 Å². The fourth-order valence-corrected chi connectivity index (χ4v) is 3.65. The van der Waals surface area contributed by atoms with Crippen LogP contribution < -0.4 is 9.47 Å². The number of rotatable bonds is 11. The topological polar surface area (TPSA) is 55.9 Å². The lowest BCUT2D eigenvalue weighted by molar-refractivity contribution is -0.697. The van der Waals surface area contributed by atoms with Crippen LogP contribution in [0.4, 0.5) is 5.69 Å². The van der Waals surface area contributed by atoms with E-state index in [0.29, 0.717) is 6.54 Å². The molecule has 3 aromatic rings. The molecule has 0 radical (unpaired) electrons. The highest BCUT2D eigenvalue weighted by Crippen LogP contribution is 2.27. The Morgan fingerprint density at radius 1 is 0.875 bits per heavy atom. The standard InChI is InChI=1S/C27H32N5/c1-31(2)26-14-12-25(13-15-26)27(24-10-6-5-7-11-24)22-23-16-20-32(21-17-23)19-9-4-3-8-18-29-30-28/h5-7,10-17,20-22H,3-4,8-9,18-19H2,1-2H3/q+1. The second-order valence-corrected chi connectivity index (χ2v) is 8.10. The van der Waals surface area contributed by atoms with Gasteiger partial charge >= 0.3 is 0 Å². The normalized spacial score (nSPS) is 11.1. The maximum absolute atomic E-state index is 8.30. The third-order valence-electron chi connectivity index (χ3n) is 5.50. The van der Waals surface area contributed by atoms with E-state index in [0.717, 1.165) is 32.2 Å². The van der Waals surface area contributed by atoms with Crippen LogP contribution in [0.5, 0.6) is 0 Å². The molecule has 1 heterocycles. The smallest absolute Gasteiger partial charge is 0.169 e. The van der Waals surface area contributed by atoms with Crippen LogP contribution in [-0.2, 0) is 6.54 Å². The first-order chi connectivity index (χ1) is 15.7. The van der Waals surface area contributed by atoms with Crippen molar-refractivity contribution in [2.45, 2.75) is 32.2 Å². The zero-order chi connectivity index (χ0) is 22.6. The van der Waals surface area contributed by atoms with Gasteiger partial charge in [-0.2, -0.15) is 0 Å². The number of benzene rings is 2. The molecule has 1 aromatic heterocycles. The van der Waals surface area contributed by atoms with Gasteiger partial charge in [0, 0.05) is 49.8 Å². The highest BCUT2D eigenvalue weighted by molar-refractivity contribution is 5.91. The van der Waals surface area contributed by atoms with Crippen molar-refractivity contribution in [2.75, 3.05) is 25.5 Å². The van der Waals surface area contributed by atoms with E-state index in [9.17, 15) is 0 Å². The summed E-state index contributed by atoms with van der Waals surface area (Å²) in [5, 5.41) is 3.58. The first-order valence-electron chi connectivity index (χ1n) is 11.2. The Labute approximate surface area is 191 Å². The maximum atomic E-state index is 8.30. The number of pyridine rings is 1. The van der Waals surface area contributed by atoms with E-state index in [-0.39, 0.29) is 0 Å². The Bertz CT molecular complexity index is 1030. The van der Waals surface area contributed by atoms with E-state index in [4.69, 9.17) is 5.53 Å². The third-order valence-corrected chi connectivity index (χ3v) is 5.50. The summed E-state index contributed by atoms with van der Waals surface area (Å²) >= 11 is 0. The molecule has 0 bridgehead atoms. The third kappa shape index (κ3) is 7.00. The second-order valence-electron chi connectivity index (χ2n) is 8.10. The summed E-state index contributed by atoms with van der Waals surface area (Å²) in [5.74, 6) is 0. The van der Waals surface area contributed by atoms with Gasteiger partial charge in [-0.3, -0.25) is 0 Å². The highest BCUT2D eigenvalue weighted by Gasteiger charge is 2.07. The van der Waals surface area contributed by atoms with Gasteiger partial charge in [0.15, 0.2) is 12.4 Å². The summed E-state index contributed by atoms with van der Waals surface area (Å²) in [6, 6.07) is 23.6. The van der Waals surface area contributed by atoms with Crippen LogP contribution >= 0.6 is 0 Å². The Morgan fingerprint density at radius 2 is 1.53 bits per heavy atom. The molecule has 0 unspecified atom stereocenters. The number of anilines is 1. The largest absolute Gasteiger partial charge is 0.378 e. The molecule has 32 heavy (non-hydrogen) atoms. The van der Waals surface area contributed by atoms with Gasteiger partial charge in [-0.1, -0.05) is 54.0 Å². The molecule has 164 valence electrons. The number of nitrogens with zero attached hydrogens (tertiary/aromatic N) is 5. The first kappa shape index (κ1) is 23.1. The molecule has 2 aromatic carbocycles. The second kappa shape index (κ2) is 12.3. The number of unbranched alkanes of at least 4 members (excludes halogenated alkanes) is 3. The van der Waals surface area contributed by atoms with Gasteiger partial charge in [-0.05, 0) is 58.8 Å². The van der Waals surface area contributed by atoms with Crippen molar-refractivity contribution in [3.05, 3.63) is 106 Å². The van der Waals surface area contributed by atoms with Crippen molar-refractivity contribution in [3.8, 4) is 0 Å². The number of aryl methyl sites for hydroxylation is 1. The lowest BCUT2D eigenvalue weighted by Crippen LogP contribution is -2.32. The number of hydrogen-bond acceptors (Lipinski definition) is 2. The molecule has 5 heteroatoms. The summed E-state index contributed by atoms with van der Waals surface area (Å²) in [7, 11) is 4.12. The van der Waals surface area contributed by atoms with Gasteiger partial charge in [-0.25, -0.2) is 4.57 Å². The van der Waals surface area contributed by atoms with E-state index < -0.39 is 0 Å². The van der Waals surface area contributed by atoms with E-state index >= 15 is 0 Å². The maximum Gasteiger partial charge on any atom is 0.169 e. The Kier molecular flexibility index (Phi) is 8.91. The molecule has 0 saturated heterocycles. The zero-order valence-electron chi connectivity index (χ0n) is 19.1. The van der Waals surface area contributed by atoms with Gasteiger partial charge in [0.25, 0.3) is 0 Å². The van der Waals surface area contributed by atoms with Crippen molar-refractivity contribution in [3.63, 3.8) is 0 Å². The van der Waals surface area contributed by atoms with Gasteiger partial charge in [0.05, 0.1) is 0 Å². The fraction of sp³-hybridized carbons (Fsp3) is 0.296. The molecule has 0 saturated carbocycles. The van der Waals surface area contributed by atoms with Crippen LogP contribution in [0.15, 0.2) is 84.2 Å². The van der Waals surface area contributed by atoms with Crippen LogP contribution in [0.25, 0.3) is 22.1 Å². The summed E-state index contributed by atoms with van der Waals surface area (Å²) in [4.78, 5) is 4.91. The van der Waals surface area contributed by atoms with E-state index in [1.165, 1.54) is 28.0 Å². The minimum atomic E-state index is 0.603. The minimum Gasteiger partial charge on any atom is -0.378 e. The van der Waals surface area contributed by atoms with Crippen molar-refractivity contribution in [1.29, 1.82) is 0 Å². The summed E-state index contributed by atoms with van der Waals surface area (Å²) in [6.07, 6.45) is 10.9. The molecule has 0 atom stereocenters. The Morgan fingerprint density at radius 3 is 2.19 bits per heavy atom. The van der Waals surface area contributed by atoms with Gasteiger partial charge in [0.1, 0.15) is 6.54 Å². The molecular formula is C27H32N5+. The number of azide groups is 1. The van der Waals surface area contributed by atoms with Crippen molar-refractivity contribution < 1.29 is 4.57 Å². The number of aromatic nitrogens is 1. The van der Waals surface area contributed by atoms with Gasteiger partial charge < -0.3 is 4.90 Å². The van der Waals surface area contributed by atoms with E-state index in [2.05, 4.69) is 119 Å². The van der Waals surface area contributed by atoms with Crippen LogP contribution in [-0.4, -0.2) is 20.6 Å². The summed E-state index contributed by atoms with van der Waals surface area (Å²) < 4.78 is 2.23. The average molecular weight is 427 g/mol. The quantitative estimate of drug-likeness (QED) is 0.113. The van der Waals surface area contributed by atoms with Crippen LogP contribution in [0.2, 0.25) is 0 Å². The lowest BCUT2D eigenvalue weighted by Gasteiger charge is -2.14. The molecule has 0 fully saturated rings. The molecular weight excluding hydrogens is 394 g/mol. The van der Waals surface area contributed by atoms with Crippen molar-refractivity contribution in [1.82, 2.24) is 0 Å². The molecule has 5 nitrogen and oxygen atoms in total. The fourth-order valence-electron chi connectivity index (χ4n) is 3.65. The summed E-state index contributed by atoms with van der Waals surface area (Å²) in [6.45, 7) is 1.61. The lowest BCUT2D eigenvalue weighted by atomic mass is 9.95. The van der Waals surface area contributed by atoms with E-state index in [1.807, 2.05) is 0 Å². The van der Waals surface area contributed by atoms with Crippen LogP contribution in [0.3, 0.4) is 0 Å². The molecule has 0 aliphatic carbocycles. The molecule has 0 N–H and O–H groups in total. The average Bonchev–Trinajstić information content (AvgIpc) is 2.83. The molecule has 3 rings (SSSR count). The first-order valence-corrected chi connectivity index (χ1v) is 11.2. The molecule has 0 aliphatic rings.